The molecule has 1 N–H and O–H groups in total. The van der Waals surface area contributed by atoms with E-state index < -0.39 is 23.5 Å². The van der Waals surface area contributed by atoms with Gasteiger partial charge in [-0.25, -0.2) is 19.4 Å². The molecule has 216 valence electrons. The maximum absolute atomic E-state index is 12.4. The number of aryl methyl sites for hydroxylation is 2. The molecule has 1 heterocycles. The lowest BCUT2D eigenvalue weighted by Gasteiger charge is -2.36. The summed E-state index contributed by atoms with van der Waals surface area (Å²) in [4.78, 5) is 39.6. The standard InChI is InChI=1S/C26H36N2O6.C2H3ClO2/c1-16(2)23(25(29)30)28(26(31)32-5)14-19-7-6-8-21(13-19)33-15-22-18(4)34-24(27-22)20-11-9-17(3)10-12-20;1-5-2(3)4/h9-12,16,19,21,23H,6-8,13-15H2,1-5H3,(H,29,30);1H3/t19-,21+,23-;/m0./s1. The Morgan fingerprint density at radius 3 is 2.31 bits per heavy atom. The molecule has 0 radical (unpaired) electrons. The van der Waals surface area contributed by atoms with Crippen molar-refractivity contribution in [2.24, 2.45) is 11.8 Å². The van der Waals surface area contributed by atoms with Gasteiger partial charge in [-0.2, -0.15) is 0 Å². The summed E-state index contributed by atoms with van der Waals surface area (Å²) in [6.07, 6.45) is 2.95. The number of aromatic nitrogens is 1. The third kappa shape index (κ3) is 9.85. The first kappa shape index (κ1) is 32.1. The molecule has 1 aliphatic carbocycles. The largest absolute Gasteiger partial charge is 0.480 e. The highest BCUT2D eigenvalue weighted by atomic mass is 35.5. The van der Waals surface area contributed by atoms with E-state index in [-0.39, 0.29) is 17.9 Å². The second-order valence-corrected chi connectivity index (χ2v) is 10.3. The lowest BCUT2D eigenvalue weighted by Crippen LogP contribution is -2.50. The van der Waals surface area contributed by atoms with E-state index in [1.807, 2.05) is 38.1 Å². The molecule has 0 aliphatic heterocycles. The lowest BCUT2D eigenvalue weighted by atomic mass is 9.86. The Balaban J connectivity index is 0.000000976. The topological polar surface area (TPSA) is 128 Å². The van der Waals surface area contributed by atoms with Crippen LogP contribution in [0.1, 0.15) is 56.5 Å². The average molecular weight is 567 g/mol. The fraction of sp³-hybridized carbons (Fsp3) is 0.571. The molecular formula is C28H39ClN2O8. The molecule has 11 heteroatoms. The normalized spacial score (nSPS) is 17.5. The number of aliphatic carboxylic acids is 1. The van der Waals surface area contributed by atoms with E-state index in [0.29, 0.717) is 19.0 Å². The molecule has 1 fully saturated rings. The van der Waals surface area contributed by atoms with Gasteiger partial charge in [0.2, 0.25) is 5.89 Å². The lowest BCUT2D eigenvalue weighted by molar-refractivity contribution is -0.144. The van der Waals surface area contributed by atoms with Crippen molar-refractivity contribution < 1.29 is 38.1 Å². The van der Waals surface area contributed by atoms with Crippen molar-refractivity contribution >= 4 is 29.1 Å². The first-order valence-corrected chi connectivity index (χ1v) is 13.3. The van der Waals surface area contributed by atoms with E-state index in [9.17, 15) is 19.5 Å². The van der Waals surface area contributed by atoms with Crippen molar-refractivity contribution in [3.8, 4) is 11.5 Å². The Bertz CT molecular complexity index is 1090. The van der Waals surface area contributed by atoms with Gasteiger partial charge in [0.15, 0.2) is 0 Å². The number of benzene rings is 1. The fourth-order valence-electron chi connectivity index (χ4n) is 4.61. The van der Waals surface area contributed by atoms with Gasteiger partial charge in [0, 0.05) is 23.7 Å². The van der Waals surface area contributed by atoms with E-state index in [2.05, 4.69) is 21.3 Å². The quantitative estimate of drug-likeness (QED) is 0.352. The zero-order valence-corrected chi connectivity index (χ0v) is 24.2. The Kier molecular flexibility index (Phi) is 12.7. The van der Waals surface area contributed by atoms with Gasteiger partial charge in [-0.05, 0) is 57.1 Å². The van der Waals surface area contributed by atoms with Gasteiger partial charge in [-0.15, -0.1) is 0 Å². The van der Waals surface area contributed by atoms with Crippen LogP contribution >= 0.6 is 11.6 Å². The maximum atomic E-state index is 12.4. The summed E-state index contributed by atoms with van der Waals surface area (Å²) in [7, 11) is 2.50. The van der Waals surface area contributed by atoms with Gasteiger partial charge in [0.25, 0.3) is 0 Å². The highest BCUT2D eigenvalue weighted by Gasteiger charge is 2.36. The summed E-state index contributed by atoms with van der Waals surface area (Å²) in [5, 5.41) is 9.68. The minimum Gasteiger partial charge on any atom is -0.480 e. The summed E-state index contributed by atoms with van der Waals surface area (Å²) in [6.45, 7) is 8.21. The van der Waals surface area contributed by atoms with E-state index >= 15 is 0 Å². The highest BCUT2D eigenvalue weighted by Crippen LogP contribution is 2.30. The minimum atomic E-state index is -1.02. The van der Waals surface area contributed by atoms with Crippen LogP contribution in [-0.4, -0.2) is 65.4 Å². The summed E-state index contributed by atoms with van der Waals surface area (Å²) < 4.78 is 20.8. The van der Waals surface area contributed by atoms with Crippen molar-refractivity contribution in [3.63, 3.8) is 0 Å². The number of oxazole rings is 1. The van der Waals surface area contributed by atoms with Crippen LogP contribution in [0.5, 0.6) is 0 Å². The third-order valence-corrected chi connectivity index (χ3v) is 6.78. The molecule has 2 aromatic rings. The van der Waals surface area contributed by atoms with Crippen LogP contribution < -0.4 is 0 Å². The number of hydrogen-bond donors (Lipinski definition) is 1. The molecule has 0 saturated heterocycles. The molecule has 1 amide bonds. The number of halogens is 1. The highest BCUT2D eigenvalue weighted by molar-refractivity contribution is 6.61. The first-order chi connectivity index (χ1) is 18.5. The number of carboxylic acids is 1. The van der Waals surface area contributed by atoms with Crippen molar-refractivity contribution in [1.82, 2.24) is 9.88 Å². The monoisotopic (exact) mass is 566 g/mol. The average Bonchev–Trinajstić information content (AvgIpc) is 3.27. The van der Waals surface area contributed by atoms with Crippen molar-refractivity contribution in [2.75, 3.05) is 20.8 Å². The smallest absolute Gasteiger partial charge is 0.410 e. The molecule has 1 saturated carbocycles. The second kappa shape index (κ2) is 15.5. The van der Waals surface area contributed by atoms with Gasteiger partial charge in [-0.3, -0.25) is 4.90 Å². The van der Waals surface area contributed by atoms with Gasteiger partial charge in [0.1, 0.15) is 17.5 Å². The van der Waals surface area contributed by atoms with Crippen molar-refractivity contribution in [1.29, 1.82) is 0 Å². The SMILES string of the molecule is COC(=O)Cl.COC(=O)N(C[C@H]1CCC[C@@H](OCc2nc(-c3ccc(C)cc3)oc2C)C1)[C@H](C(=O)O)C(C)C. The first-order valence-electron chi connectivity index (χ1n) is 12.9. The van der Waals surface area contributed by atoms with Crippen LogP contribution in [0.2, 0.25) is 0 Å². The molecular weight excluding hydrogens is 528 g/mol. The van der Waals surface area contributed by atoms with E-state index in [0.717, 1.165) is 42.7 Å². The molecule has 3 atom stereocenters. The Labute approximate surface area is 234 Å². The van der Waals surface area contributed by atoms with Crippen LogP contribution in [-0.2, 0) is 25.6 Å². The number of carbonyl (C=O) groups is 3. The number of amides is 1. The molecule has 0 spiro atoms. The Morgan fingerprint density at radius 2 is 1.77 bits per heavy atom. The van der Waals surface area contributed by atoms with Crippen molar-refractivity contribution in [2.45, 2.75) is 72.1 Å². The predicted octanol–water partition coefficient (Wildman–Crippen LogP) is 6.20. The number of hydrogen-bond acceptors (Lipinski definition) is 8. The number of methoxy groups -OCH3 is 2. The molecule has 1 aromatic carbocycles. The number of carboxylic acid groups (broad SMARTS) is 1. The molecule has 1 aliphatic rings. The summed E-state index contributed by atoms with van der Waals surface area (Å²) in [5.41, 5.74) is 2.11. The molecule has 10 nitrogen and oxygen atoms in total. The van der Waals surface area contributed by atoms with Crippen LogP contribution in [0.3, 0.4) is 0 Å². The van der Waals surface area contributed by atoms with Crippen LogP contribution in [0.15, 0.2) is 28.7 Å². The second-order valence-electron chi connectivity index (χ2n) is 9.94. The molecule has 1 aromatic heterocycles. The Morgan fingerprint density at radius 1 is 1.13 bits per heavy atom. The van der Waals surface area contributed by atoms with Gasteiger partial charge >= 0.3 is 17.5 Å². The van der Waals surface area contributed by atoms with Gasteiger partial charge < -0.3 is 23.7 Å². The van der Waals surface area contributed by atoms with E-state index in [4.69, 9.17) is 13.9 Å². The summed E-state index contributed by atoms with van der Waals surface area (Å²) in [6, 6.07) is 7.11. The molecule has 0 bridgehead atoms. The van der Waals surface area contributed by atoms with Crippen molar-refractivity contribution in [3.05, 3.63) is 41.3 Å². The predicted molar refractivity (Wildman–Crippen MR) is 146 cm³/mol. The summed E-state index contributed by atoms with van der Waals surface area (Å²) >= 11 is 4.60. The molecule has 39 heavy (non-hydrogen) atoms. The minimum absolute atomic E-state index is 0.0134. The van der Waals surface area contributed by atoms with Crippen LogP contribution in [0.25, 0.3) is 11.5 Å². The summed E-state index contributed by atoms with van der Waals surface area (Å²) in [5.74, 6) is 0.209. The number of nitrogens with zero attached hydrogens (tertiary/aromatic N) is 2. The Hall–Kier alpha value is -3.11. The number of rotatable bonds is 9. The maximum Gasteiger partial charge on any atom is 0.410 e. The third-order valence-electron chi connectivity index (χ3n) is 6.63. The molecule has 3 rings (SSSR count). The van der Waals surface area contributed by atoms with Gasteiger partial charge in [0.05, 0.1) is 26.9 Å². The van der Waals surface area contributed by atoms with E-state index in [1.54, 1.807) is 13.8 Å². The number of carbonyl (C=O) groups excluding carboxylic acids is 2. The zero-order valence-electron chi connectivity index (χ0n) is 23.4. The zero-order chi connectivity index (χ0) is 29.1. The molecule has 0 unspecified atom stereocenters. The fourth-order valence-corrected chi connectivity index (χ4v) is 4.61. The van der Waals surface area contributed by atoms with Crippen LogP contribution in [0, 0.1) is 25.7 Å². The van der Waals surface area contributed by atoms with Gasteiger partial charge in [-0.1, -0.05) is 38.0 Å². The number of ether oxygens (including phenoxy) is 3. The van der Waals surface area contributed by atoms with E-state index in [1.165, 1.54) is 24.7 Å². The van der Waals surface area contributed by atoms with Crippen LogP contribution in [0.4, 0.5) is 9.59 Å².